The van der Waals surface area contributed by atoms with E-state index in [1.54, 1.807) is 0 Å². The highest BCUT2D eigenvalue weighted by atomic mass is 32.8. The Morgan fingerprint density at radius 1 is 0.714 bits per heavy atom. The summed E-state index contributed by atoms with van der Waals surface area (Å²) >= 11 is 0. The molecule has 0 aliphatic carbocycles. The van der Waals surface area contributed by atoms with Crippen molar-refractivity contribution in [2.24, 2.45) is 5.40 Å². The molecule has 0 heterocycles. The van der Waals surface area contributed by atoms with Gasteiger partial charge in [0.05, 0.1) is 0 Å². The SMILES string of the molecule is CS(=O)(=O)[Si](N)(S(C)(=O)=O)S(C)(=O)=O. The highest BCUT2D eigenvalue weighted by Gasteiger charge is 2.62. The Hall–Kier alpha value is 0.0269. The third-order valence-electron chi connectivity index (χ3n) is 1.55. The maximum atomic E-state index is 11.1. The third-order valence-corrected chi connectivity index (χ3v) is 30.3. The molecule has 2 N–H and O–H groups in total. The van der Waals surface area contributed by atoms with Crippen LogP contribution in [0.3, 0.4) is 0 Å². The van der Waals surface area contributed by atoms with Crippen molar-refractivity contribution in [3.05, 3.63) is 0 Å². The van der Waals surface area contributed by atoms with Gasteiger partial charge in [0, 0.05) is 18.8 Å². The molecule has 0 aliphatic rings. The summed E-state index contributed by atoms with van der Waals surface area (Å²) in [5.41, 5.74) is -4.94. The standard InChI is InChI=1S/C3H11NO6S3Si/c1-11(5,6)14(4,12(2,7)8)13(3,9)10/h4H2,1-3H3. The number of hydrogen-bond acceptors (Lipinski definition) is 7. The molecule has 0 spiro atoms. The Kier molecular flexibility index (Phi) is 3.27. The van der Waals surface area contributed by atoms with Crippen molar-refractivity contribution in [3.8, 4) is 0 Å². The van der Waals surface area contributed by atoms with Gasteiger partial charge in [0.25, 0.3) is 0 Å². The smallest absolute Gasteiger partial charge is 0.316 e. The molecule has 0 saturated heterocycles. The fourth-order valence-corrected chi connectivity index (χ4v) is 22.3. The molecular formula is C3H11NO6S3Si. The van der Waals surface area contributed by atoms with Crippen LogP contribution in [0.25, 0.3) is 0 Å². The molecule has 11 heteroatoms. The lowest BCUT2D eigenvalue weighted by atomic mass is 12.0. The van der Waals surface area contributed by atoms with E-state index in [4.69, 9.17) is 5.40 Å². The Labute approximate surface area is 83.1 Å². The molecule has 0 aromatic heterocycles. The Morgan fingerprint density at radius 3 is 0.857 bits per heavy atom. The highest BCUT2D eigenvalue weighted by molar-refractivity contribution is 8.73. The zero-order valence-corrected chi connectivity index (χ0v) is 11.2. The first kappa shape index (κ1) is 14.0. The molecule has 0 unspecified atom stereocenters. The van der Waals surface area contributed by atoms with E-state index in [0.717, 1.165) is 0 Å². The van der Waals surface area contributed by atoms with Crippen molar-refractivity contribution < 1.29 is 25.3 Å². The first-order valence-electron chi connectivity index (χ1n) is 3.13. The summed E-state index contributed by atoms with van der Waals surface area (Å²) in [5.74, 6) is 0. The molecule has 14 heavy (non-hydrogen) atoms. The second-order valence-electron chi connectivity index (χ2n) is 2.92. The predicted octanol–water partition coefficient (Wildman–Crippen LogP) is -2.49. The molecule has 0 radical (unpaired) electrons. The molecule has 0 atom stereocenters. The van der Waals surface area contributed by atoms with Crippen molar-refractivity contribution in [1.82, 2.24) is 0 Å². The Balaban J connectivity index is 6.41. The first-order chi connectivity index (χ1) is 5.75. The first-order valence-corrected chi connectivity index (χ1v) is 13.1. The fourth-order valence-electron chi connectivity index (χ4n) is 0.825. The van der Waals surface area contributed by atoms with Gasteiger partial charge in [0.1, 0.15) is 0 Å². The maximum absolute atomic E-state index is 11.1. The molecule has 0 saturated carbocycles. The van der Waals surface area contributed by atoms with E-state index >= 15 is 0 Å². The summed E-state index contributed by atoms with van der Waals surface area (Å²) in [6.45, 7) is 0. The predicted molar refractivity (Wildman–Crippen MR) is 54.5 cm³/mol. The van der Waals surface area contributed by atoms with Crippen molar-refractivity contribution in [1.29, 1.82) is 0 Å². The molecule has 0 aromatic carbocycles. The number of hydrogen-bond donors (Lipinski definition) is 1. The maximum Gasteiger partial charge on any atom is 0.516 e. The van der Waals surface area contributed by atoms with Gasteiger partial charge in [-0.25, -0.2) is 25.3 Å². The van der Waals surface area contributed by atoms with Crippen molar-refractivity contribution >= 4 is 33.5 Å². The Bertz CT molecular complexity index is 448. The third kappa shape index (κ3) is 2.00. The van der Waals surface area contributed by atoms with Crippen LogP contribution in [0.4, 0.5) is 0 Å². The van der Waals surface area contributed by atoms with E-state index in [2.05, 4.69) is 0 Å². The van der Waals surface area contributed by atoms with Crippen LogP contribution in [0.15, 0.2) is 0 Å². The molecule has 0 bridgehead atoms. The van der Waals surface area contributed by atoms with Crippen LogP contribution in [-0.2, 0) is 27.9 Å². The highest BCUT2D eigenvalue weighted by Crippen LogP contribution is 2.17. The quantitative estimate of drug-likeness (QED) is 0.567. The topological polar surface area (TPSA) is 128 Å². The van der Waals surface area contributed by atoms with Gasteiger partial charge in [0.2, 0.25) is 0 Å². The fraction of sp³-hybridized carbons (Fsp3) is 1.00. The lowest BCUT2D eigenvalue weighted by Crippen LogP contribution is -2.65. The summed E-state index contributed by atoms with van der Waals surface area (Å²) in [5, 5.41) is 5.10. The monoisotopic (exact) mass is 281 g/mol. The van der Waals surface area contributed by atoms with Crippen LogP contribution < -0.4 is 5.40 Å². The van der Waals surface area contributed by atoms with E-state index in [1.165, 1.54) is 0 Å². The zero-order chi connectivity index (χ0) is 12.0. The lowest BCUT2D eigenvalue weighted by molar-refractivity contribution is 0.605. The van der Waals surface area contributed by atoms with E-state index in [0.29, 0.717) is 18.8 Å². The van der Waals surface area contributed by atoms with Crippen LogP contribution in [0.1, 0.15) is 0 Å². The second kappa shape index (κ2) is 3.26. The zero-order valence-electron chi connectivity index (χ0n) is 7.75. The van der Waals surface area contributed by atoms with Gasteiger partial charge in [-0.1, -0.05) is 0 Å². The molecule has 7 nitrogen and oxygen atoms in total. The molecule has 86 valence electrons. The number of nitrogens with two attached hydrogens (primary N) is 1. The molecule has 0 fully saturated rings. The normalized spacial score (nSPS) is 15.4. The number of rotatable bonds is 3. The minimum absolute atomic E-state index is 0.515. The summed E-state index contributed by atoms with van der Waals surface area (Å²) in [6.07, 6.45) is 1.55. The summed E-state index contributed by atoms with van der Waals surface area (Å²) < 4.78 is 66.7. The Morgan fingerprint density at radius 2 is 0.857 bits per heavy atom. The van der Waals surface area contributed by atoms with E-state index in [9.17, 15) is 25.3 Å². The summed E-state index contributed by atoms with van der Waals surface area (Å²) in [7, 11) is -13.0. The van der Waals surface area contributed by atoms with Gasteiger partial charge in [0.15, 0.2) is 27.9 Å². The molecular weight excluding hydrogens is 270 g/mol. The average Bonchev–Trinajstić information content (AvgIpc) is 1.77. The van der Waals surface area contributed by atoms with E-state index < -0.39 is 33.5 Å². The molecule has 0 aromatic rings. The van der Waals surface area contributed by atoms with Crippen LogP contribution in [0.5, 0.6) is 0 Å². The van der Waals surface area contributed by atoms with Gasteiger partial charge in [-0.15, -0.1) is 0 Å². The van der Waals surface area contributed by atoms with Crippen molar-refractivity contribution in [2.45, 2.75) is 0 Å². The minimum Gasteiger partial charge on any atom is -0.316 e. The van der Waals surface area contributed by atoms with E-state index in [-0.39, 0.29) is 0 Å². The van der Waals surface area contributed by atoms with Gasteiger partial charge in [-0.2, -0.15) is 0 Å². The molecule has 0 amide bonds. The van der Waals surface area contributed by atoms with Crippen LogP contribution >= 0.6 is 0 Å². The van der Waals surface area contributed by atoms with Crippen molar-refractivity contribution in [3.63, 3.8) is 0 Å². The van der Waals surface area contributed by atoms with Crippen LogP contribution in [-0.4, -0.2) is 49.7 Å². The van der Waals surface area contributed by atoms with Gasteiger partial charge in [-0.3, -0.25) is 0 Å². The molecule has 0 rings (SSSR count). The van der Waals surface area contributed by atoms with Gasteiger partial charge in [-0.05, 0) is 0 Å². The molecule has 0 aliphatic heterocycles. The largest absolute Gasteiger partial charge is 0.516 e. The minimum atomic E-state index is -4.94. The van der Waals surface area contributed by atoms with Crippen molar-refractivity contribution in [2.75, 3.05) is 18.8 Å². The lowest BCUT2D eigenvalue weighted by Gasteiger charge is -2.18. The van der Waals surface area contributed by atoms with Gasteiger partial charge >= 0.3 is 5.68 Å². The van der Waals surface area contributed by atoms with Crippen LogP contribution in [0.2, 0.25) is 0 Å². The summed E-state index contributed by atoms with van der Waals surface area (Å²) in [6, 6.07) is 0. The summed E-state index contributed by atoms with van der Waals surface area (Å²) in [4.78, 5) is 0. The van der Waals surface area contributed by atoms with Gasteiger partial charge < -0.3 is 5.40 Å². The van der Waals surface area contributed by atoms with Crippen LogP contribution in [0, 0.1) is 0 Å². The second-order valence-corrected chi connectivity index (χ2v) is 23.6. The van der Waals surface area contributed by atoms with E-state index in [1.807, 2.05) is 0 Å². The average molecular weight is 281 g/mol.